The predicted molar refractivity (Wildman–Crippen MR) is 84.8 cm³/mol. The monoisotopic (exact) mass is 372 g/mol. The molecule has 2 aromatic rings. The maximum absolute atomic E-state index is 13.1. The second kappa shape index (κ2) is 7.06. The average Bonchev–Trinajstić information content (AvgIpc) is 2.52. The molecule has 0 radical (unpaired) electrons. The summed E-state index contributed by atoms with van der Waals surface area (Å²) >= 11 is 5.57. The summed E-state index contributed by atoms with van der Waals surface area (Å²) in [4.78, 5) is 32.0. The molecule has 0 spiro atoms. The second-order valence-corrected chi connectivity index (χ2v) is 5.44. The van der Waals surface area contributed by atoms with Gasteiger partial charge in [-0.3, -0.25) is 9.59 Å². The van der Waals surface area contributed by atoms with Gasteiger partial charge in [0.1, 0.15) is 11.4 Å². The zero-order valence-electron chi connectivity index (χ0n) is 13.1. The molecule has 0 unspecified atom stereocenters. The Labute approximate surface area is 145 Å². The zero-order chi connectivity index (χ0) is 18.8. The molecule has 0 aliphatic carbocycles. The molecule has 0 saturated heterocycles. The molecule has 0 fully saturated rings. The number of ketones is 1. The predicted octanol–water partition coefficient (Wildman–Crippen LogP) is 3.16. The molecular formula is C15H12ClF3N4O2. The van der Waals surface area contributed by atoms with Crippen LogP contribution in [0.1, 0.15) is 15.9 Å². The van der Waals surface area contributed by atoms with Crippen LogP contribution in [0.4, 0.5) is 24.7 Å². The van der Waals surface area contributed by atoms with Crippen molar-refractivity contribution in [3.05, 3.63) is 46.9 Å². The fourth-order valence-electron chi connectivity index (χ4n) is 1.90. The van der Waals surface area contributed by atoms with Gasteiger partial charge in [0, 0.05) is 20.3 Å². The van der Waals surface area contributed by atoms with Crippen molar-refractivity contribution in [2.45, 2.75) is 6.18 Å². The van der Waals surface area contributed by atoms with Crippen LogP contribution in [0.2, 0.25) is 5.28 Å². The van der Waals surface area contributed by atoms with Crippen molar-refractivity contribution in [2.24, 2.45) is 0 Å². The van der Waals surface area contributed by atoms with E-state index >= 15 is 0 Å². The van der Waals surface area contributed by atoms with Gasteiger partial charge in [0.25, 0.3) is 11.7 Å². The normalized spacial score (nSPS) is 11.1. The Morgan fingerprint density at radius 1 is 1.20 bits per heavy atom. The number of nitrogens with zero attached hydrogens (tertiary/aromatic N) is 3. The minimum Gasteiger partial charge on any atom is -0.342 e. The Kier molecular flexibility index (Phi) is 5.27. The van der Waals surface area contributed by atoms with Crippen molar-refractivity contribution < 1.29 is 22.8 Å². The molecule has 1 amide bonds. The molecule has 10 heteroatoms. The molecule has 1 N–H and O–H groups in total. The summed E-state index contributed by atoms with van der Waals surface area (Å²) < 4.78 is 39.3. The maximum Gasteiger partial charge on any atom is 0.421 e. The van der Waals surface area contributed by atoms with Crippen LogP contribution in [0, 0.1) is 0 Å². The number of amides is 1. The highest BCUT2D eigenvalue weighted by Gasteiger charge is 2.35. The van der Waals surface area contributed by atoms with Crippen molar-refractivity contribution in [2.75, 3.05) is 19.4 Å². The minimum atomic E-state index is -4.73. The summed E-state index contributed by atoms with van der Waals surface area (Å²) in [6.45, 7) is 0. The first-order chi connectivity index (χ1) is 11.6. The lowest BCUT2D eigenvalue weighted by Gasteiger charge is -2.16. The van der Waals surface area contributed by atoms with E-state index in [1.807, 2.05) is 0 Å². The zero-order valence-corrected chi connectivity index (χ0v) is 13.8. The summed E-state index contributed by atoms with van der Waals surface area (Å²) in [6.07, 6.45) is -4.20. The quantitative estimate of drug-likeness (QED) is 0.507. The molecule has 0 aliphatic rings. The van der Waals surface area contributed by atoms with E-state index in [9.17, 15) is 22.8 Å². The highest BCUT2D eigenvalue weighted by atomic mass is 35.5. The van der Waals surface area contributed by atoms with Gasteiger partial charge in [-0.05, 0) is 23.7 Å². The number of nitrogens with one attached hydrogen (secondary N) is 1. The van der Waals surface area contributed by atoms with Crippen molar-refractivity contribution in [1.29, 1.82) is 0 Å². The number of anilines is 2. The Bertz CT molecular complexity index is 825. The lowest BCUT2D eigenvalue weighted by atomic mass is 10.1. The van der Waals surface area contributed by atoms with Crippen LogP contribution in [-0.4, -0.2) is 40.7 Å². The maximum atomic E-state index is 13.1. The molecule has 2 rings (SSSR count). The first kappa shape index (κ1) is 18.7. The van der Waals surface area contributed by atoms with E-state index in [0.717, 1.165) is 4.90 Å². The molecular weight excluding hydrogens is 361 g/mol. The molecule has 132 valence electrons. The van der Waals surface area contributed by atoms with Crippen LogP contribution in [0.15, 0.2) is 30.5 Å². The number of hydrogen-bond acceptors (Lipinski definition) is 5. The van der Waals surface area contributed by atoms with E-state index in [2.05, 4.69) is 15.3 Å². The van der Waals surface area contributed by atoms with Gasteiger partial charge in [0.2, 0.25) is 5.28 Å². The Morgan fingerprint density at radius 2 is 1.84 bits per heavy atom. The molecule has 0 saturated carbocycles. The second-order valence-electron chi connectivity index (χ2n) is 5.10. The molecule has 1 aromatic heterocycles. The summed E-state index contributed by atoms with van der Waals surface area (Å²) in [7, 11) is 2.78. The number of alkyl halides is 3. The van der Waals surface area contributed by atoms with Crippen molar-refractivity contribution in [3.8, 4) is 0 Å². The van der Waals surface area contributed by atoms with Crippen LogP contribution in [-0.2, 0) is 11.0 Å². The first-order valence-electron chi connectivity index (χ1n) is 6.83. The van der Waals surface area contributed by atoms with Crippen LogP contribution in [0.25, 0.3) is 0 Å². The third kappa shape index (κ3) is 4.24. The van der Waals surface area contributed by atoms with Crippen molar-refractivity contribution in [3.63, 3.8) is 0 Å². The van der Waals surface area contributed by atoms with Gasteiger partial charge in [-0.1, -0.05) is 12.1 Å². The van der Waals surface area contributed by atoms with Crippen LogP contribution in [0.3, 0.4) is 0 Å². The lowest BCUT2D eigenvalue weighted by Crippen LogP contribution is -2.30. The number of hydrogen-bond donors (Lipinski definition) is 1. The molecule has 1 heterocycles. The Morgan fingerprint density at radius 3 is 2.44 bits per heavy atom. The van der Waals surface area contributed by atoms with Gasteiger partial charge in [-0.25, -0.2) is 4.98 Å². The molecule has 0 aliphatic heterocycles. The van der Waals surface area contributed by atoms with Crippen molar-refractivity contribution in [1.82, 2.24) is 14.9 Å². The fraction of sp³-hybridized carbons (Fsp3) is 0.200. The Hall–Kier alpha value is -2.68. The lowest BCUT2D eigenvalue weighted by molar-refractivity contribution is -0.137. The number of aromatic nitrogens is 2. The van der Waals surface area contributed by atoms with Gasteiger partial charge >= 0.3 is 6.18 Å². The van der Waals surface area contributed by atoms with E-state index in [4.69, 9.17) is 11.6 Å². The average molecular weight is 373 g/mol. The molecule has 0 bridgehead atoms. The minimum absolute atomic E-state index is 0.0111. The number of halogens is 4. The number of rotatable bonds is 4. The summed E-state index contributed by atoms with van der Waals surface area (Å²) in [6, 6.07) is 5.66. The molecule has 1 aromatic carbocycles. The van der Waals surface area contributed by atoms with E-state index in [1.165, 1.54) is 38.4 Å². The molecule has 25 heavy (non-hydrogen) atoms. The van der Waals surface area contributed by atoms with Gasteiger partial charge in [0.15, 0.2) is 0 Å². The topological polar surface area (TPSA) is 75.2 Å². The SMILES string of the molecule is CN(C)C(=O)C(=O)c1ccccc1Nc1nc(Cl)ncc1C(F)(F)F. The highest BCUT2D eigenvalue weighted by Crippen LogP contribution is 2.35. The van der Waals surface area contributed by atoms with Gasteiger partial charge < -0.3 is 10.2 Å². The summed E-state index contributed by atoms with van der Waals surface area (Å²) in [5.74, 6) is -2.31. The van der Waals surface area contributed by atoms with Gasteiger partial charge in [-0.2, -0.15) is 18.2 Å². The standard InChI is InChI=1S/C15H12ClF3N4O2/c1-23(2)13(25)11(24)8-5-3-4-6-10(8)21-12-9(15(17,18)19)7-20-14(16)22-12/h3-7H,1-2H3,(H,20,21,22). The third-order valence-corrected chi connectivity index (χ3v) is 3.27. The Balaban J connectivity index is 2.48. The first-order valence-corrected chi connectivity index (χ1v) is 7.21. The van der Waals surface area contributed by atoms with Crippen LogP contribution >= 0.6 is 11.6 Å². The van der Waals surface area contributed by atoms with E-state index < -0.39 is 34.5 Å². The smallest absolute Gasteiger partial charge is 0.342 e. The van der Waals surface area contributed by atoms with E-state index in [0.29, 0.717) is 6.20 Å². The molecule has 0 atom stereocenters. The third-order valence-electron chi connectivity index (χ3n) is 3.09. The fourth-order valence-corrected chi connectivity index (χ4v) is 2.03. The summed E-state index contributed by atoms with van der Waals surface area (Å²) in [5, 5.41) is 2.02. The van der Waals surface area contributed by atoms with Crippen LogP contribution in [0.5, 0.6) is 0 Å². The number of benzene rings is 1. The highest BCUT2D eigenvalue weighted by molar-refractivity contribution is 6.43. The molecule has 6 nitrogen and oxygen atoms in total. The van der Waals surface area contributed by atoms with E-state index in [1.54, 1.807) is 0 Å². The number of likely N-dealkylation sites (N-methyl/N-ethyl adjacent to an activating group) is 1. The summed E-state index contributed by atoms with van der Waals surface area (Å²) in [5.41, 5.74) is -1.26. The van der Waals surface area contributed by atoms with Gasteiger partial charge in [0.05, 0.1) is 11.3 Å². The van der Waals surface area contributed by atoms with Crippen LogP contribution < -0.4 is 5.32 Å². The number of carbonyl (C=O) groups excluding carboxylic acids is 2. The van der Waals surface area contributed by atoms with E-state index in [-0.39, 0.29) is 11.3 Å². The largest absolute Gasteiger partial charge is 0.421 e. The van der Waals surface area contributed by atoms with Gasteiger partial charge in [-0.15, -0.1) is 0 Å². The number of para-hydroxylation sites is 1. The van der Waals surface area contributed by atoms with Crippen molar-refractivity contribution >= 4 is 34.8 Å². The number of carbonyl (C=O) groups is 2. The number of Topliss-reactive ketones (excluding diaryl/α,β-unsaturated/α-hetero) is 1.